The number of anilines is 1. The lowest BCUT2D eigenvalue weighted by molar-refractivity contribution is -0.155. The van der Waals surface area contributed by atoms with Gasteiger partial charge in [-0.2, -0.15) is 13.8 Å². The number of hydrogen-bond donors (Lipinski definition) is 5. The van der Waals surface area contributed by atoms with E-state index in [0.717, 1.165) is 0 Å². The minimum Gasteiger partial charge on any atom is -0.476 e. The number of halogens is 2. The number of aliphatic carboxylic acids is 1. The first-order valence-corrected chi connectivity index (χ1v) is 11.6. The van der Waals surface area contributed by atoms with Crippen LogP contribution >= 0.6 is 15.2 Å². The van der Waals surface area contributed by atoms with Crippen LogP contribution in [0.4, 0.5) is 14.7 Å². The Morgan fingerprint density at radius 3 is 2.71 bits per heavy atom. The second-order valence-corrected chi connectivity index (χ2v) is 10.2. The van der Waals surface area contributed by atoms with Gasteiger partial charge < -0.3 is 29.9 Å². The number of imidazole rings is 1. The number of ether oxygens (including phenoxy) is 1. The number of carboxylic acids is 1. The van der Waals surface area contributed by atoms with Gasteiger partial charge >= 0.3 is 26.8 Å². The van der Waals surface area contributed by atoms with Crippen molar-refractivity contribution in [3.05, 3.63) is 28.8 Å². The Hall–Kier alpha value is -2.48. The number of carboxylic acid groups (broad SMARTS) is 1. The minimum atomic E-state index is -6.33. The number of allylic oxidation sites excluding steroid dienone is 1. The van der Waals surface area contributed by atoms with Crippen molar-refractivity contribution >= 4 is 38.3 Å². The van der Waals surface area contributed by atoms with Gasteiger partial charge in [-0.05, 0) is 0 Å². The van der Waals surface area contributed by atoms with Crippen molar-refractivity contribution in [3.63, 3.8) is 0 Å². The lowest BCUT2D eigenvalue weighted by Gasteiger charge is -2.22. The van der Waals surface area contributed by atoms with E-state index >= 15 is 0 Å². The molecule has 14 nitrogen and oxygen atoms in total. The summed E-state index contributed by atoms with van der Waals surface area (Å²) >= 11 is 0. The fraction of sp³-hybridized carbons (Fsp3) is 0.385. The predicted molar refractivity (Wildman–Crippen MR) is 98.4 cm³/mol. The first kappa shape index (κ1) is 23.2. The number of aromatic nitrogens is 4. The van der Waals surface area contributed by atoms with E-state index in [1.54, 1.807) is 6.08 Å². The molecule has 1 aliphatic carbocycles. The molecular weight excluding hydrogens is 470 g/mol. The summed E-state index contributed by atoms with van der Waals surface area (Å²) in [4.78, 5) is 51.1. The highest BCUT2D eigenvalue weighted by Gasteiger charge is 2.61. The van der Waals surface area contributed by atoms with E-state index in [1.807, 2.05) is 0 Å². The molecule has 0 radical (unpaired) electrons. The Kier molecular flexibility index (Phi) is 5.90. The van der Waals surface area contributed by atoms with E-state index in [1.165, 1.54) is 17.0 Å². The van der Waals surface area contributed by atoms with E-state index in [0.29, 0.717) is 0 Å². The Morgan fingerprint density at radius 1 is 1.39 bits per heavy atom. The number of carbonyl (C=O) groups is 1. The molecule has 0 aromatic carbocycles. The topological polar surface area (TPSA) is 220 Å². The summed E-state index contributed by atoms with van der Waals surface area (Å²) in [5.74, 6) is -3.14. The summed E-state index contributed by atoms with van der Waals surface area (Å²) in [6.45, 7) is 0. The molecule has 6 N–H and O–H groups in total. The number of hydrogen-bond acceptors (Lipinski definition) is 9. The van der Waals surface area contributed by atoms with Crippen molar-refractivity contribution in [1.29, 1.82) is 0 Å². The van der Waals surface area contributed by atoms with Crippen molar-refractivity contribution in [2.45, 2.75) is 24.2 Å². The molecule has 0 fully saturated rings. The summed E-state index contributed by atoms with van der Waals surface area (Å²) in [5, 5.41) is 8.29. The van der Waals surface area contributed by atoms with E-state index in [9.17, 15) is 32.4 Å². The van der Waals surface area contributed by atoms with Gasteiger partial charge in [-0.1, -0.05) is 12.2 Å². The Bertz CT molecular complexity index is 1210. The molecule has 1 aliphatic rings. The van der Waals surface area contributed by atoms with Crippen LogP contribution in [-0.4, -0.2) is 58.5 Å². The van der Waals surface area contributed by atoms with Crippen molar-refractivity contribution in [1.82, 2.24) is 19.5 Å². The Balaban J connectivity index is 1.66. The molecule has 4 atom stereocenters. The molecule has 0 bridgehead atoms. The molecule has 0 saturated carbocycles. The zero-order valence-corrected chi connectivity index (χ0v) is 17.0. The standard InChI is InChI=1S/C13H15F2N5O9P2/c14-13(15,11(22)23)31(26,27)29-30(24,25)5-28-7-2-1-6(3-7)20-4-17-8-9(20)18-12(16)19-10(8)21/h1-2,4,6-7H,3,5H2,(H,22,23)(H,24,25)(H,26,27)(H3,16,18,19,21)/t6-,7+/m0/s1. The van der Waals surface area contributed by atoms with Gasteiger partial charge in [0.25, 0.3) is 5.56 Å². The third-order valence-electron chi connectivity index (χ3n) is 4.13. The lowest BCUT2D eigenvalue weighted by Crippen LogP contribution is -2.28. The van der Waals surface area contributed by atoms with Crippen LogP contribution in [0.3, 0.4) is 0 Å². The monoisotopic (exact) mass is 485 g/mol. The molecule has 31 heavy (non-hydrogen) atoms. The highest BCUT2D eigenvalue weighted by molar-refractivity contribution is 7.67. The first-order valence-electron chi connectivity index (χ1n) is 8.23. The average molecular weight is 485 g/mol. The van der Waals surface area contributed by atoms with Crippen LogP contribution in [0.5, 0.6) is 0 Å². The van der Waals surface area contributed by atoms with E-state index in [2.05, 4.69) is 19.3 Å². The van der Waals surface area contributed by atoms with Gasteiger partial charge in [0.15, 0.2) is 11.2 Å². The number of fused-ring (bicyclic) bond motifs is 1. The quantitative estimate of drug-likeness (QED) is 0.256. The summed E-state index contributed by atoms with van der Waals surface area (Å²) in [6.07, 6.45) is 2.34. The number of H-pyrrole nitrogens is 1. The molecule has 3 rings (SSSR count). The minimum absolute atomic E-state index is 0.0262. The number of alkyl halides is 2. The molecule has 2 aromatic heterocycles. The number of aromatic amines is 1. The zero-order valence-electron chi connectivity index (χ0n) is 15.2. The van der Waals surface area contributed by atoms with Crippen LogP contribution in [0.25, 0.3) is 11.2 Å². The largest absolute Gasteiger partial charge is 0.476 e. The molecule has 170 valence electrons. The van der Waals surface area contributed by atoms with Crippen LogP contribution in [0.1, 0.15) is 12.5 Å². The SMILES string of the molecule is Nc1nc2c(ncn2[C@H]2C=C[C@@H](OCP(=O)(O)OP(=O)(O)C(F)(F)C(=O)O)C2)c(=O)[nH]1. The van der Waals surface area contributed by atoms with Crippen molar-refractivity contribution in [2.24, 2.45) is 0 Å². The Morgan fingerprint density at radius 2 is 2.06 bits per heavy atom. The first-order chi connectivity index (χ1) is 14.2. The molecule has 2 unspecified atom stereocenters. The number of nitrogens with one attached hydrogen (secondary N) is 1. The van der Waals surface area contributed by atoms with E-state index in [4.69, 9.17) is 20.5 Å². The zero-order chi connectivity index (χ0) is 23.2. The van der Waals surface area contributed by atoms with Gasteiger partial charge in [0.05, 0.1) is 18.5 Å². The van der Waals surface area contributed by atoms with Gasteiger partial charge in [-0.3, -0.25) is 18.9 Å². The molecule has 0 spiro atoms. The number of rotatable bonds is 8. The number of nitrogens with two attached hydrogens (primary N) is 1. The molecule has 2 aromatic rings. The van der Waals surface area contributed by atoms with Crippen LogP contribution in [0.2, 0.25) is 0 Å². The van der Waals surface area contributed by atoms with Crippen LogP contribution in [-0.2, 0) is 23.0 Å². The second kappa shape index (κ2) is 7.89. The lowest BCUT2D eigenvalue weighted by atomic mass is 10.2. The molecule has 18 heteroatoms. The fourth-order valence-electron chi connectivity index (χ4n) is 2.72. The fourth-order valence-corrected chi connectivity index (χ4v) is 5.33. The van der Waals surface area contributed by atoms with Gasteiger partial charge in [-0.25, -0.2) is 14.1 Å². The van der Waals surface area contributed by atoms with Crippen LogP contribution in [0.15, 0.2) is 23.3 Å². The number of nitrogen functional groups attached to an aromatic ring is 1. The van der Waals surface area contributed by atoms with Crippen molar-refractivity contribution in [2.75, 3.05) is 12.1 Å². The molecule has 0 amide bonds. The normalized spacial score (nSPS) is 23.0. The summed E-state index contributed by atoms with van der Waals surface area (Å²) < 4.78 is 60.0. The third-order valence-corrected chi connectivity index (χ3v) is 7.41. The van der Waals surface area contributed by atoms with Crippen molar-refractivity contribution in [3.8, 4) is 0 Å². The molecular formula is C13H15F2N5O9P2. The smallest absolute Gasteiger partial charge is 0.440 e. The summed E-state index contributed by atoms with van der Waals surface area (Å²) in [7, 11) is -11.6. The third kappa shape index (κ3) is 4.59. The second-order valence-electron chi connectivity index (χ2n) is 6.38. The highest BCUT2D eigenvalue weighted by Crippen LogP contribution is 2.67. The van der Waals surface area contributed by atoms with E-state index in [-0.39, 0.29) is 23.5 Å². The number of nitrogens with zero attached hydrogens (tertiary/aromatic N) is 3. The summed E-state index contributed by atoms with van der Waals surface area (Å²) in [5.41, 5.74) is -0.133. The van der Waals surface area contributed by atoms with Gasteiger partial charge in [0.2, 0.25) is 5.95 Å². The maximum absolute atomic E-state index is 13.2. The molecule has 0 aliphatic heterocycles. The summed E-state index contributed by atoms with van der Waals surface area (Å²) in [6, 6.07) is -0.469. The maximum Gasteiger partial charge on any atom is 0.440 e. The van der Waals surface area contributed by atoms with E-state index < -0.39 is 50.9 Å². The molecule has 0 saturated heterocycles. The average Bonchev–Trinajstić information content (AvgIpc) is 3.25. The van der Waals surface area contributed by atoms with Gasteiger partial charge in [0, 0.05) is 6.42 Å². The van der Waals surface area contributed by atoms with Crippen molar-refractivity contribution < 1.29 is 46.6 Å². The predicted octanol–water partition coefficient (Wildman–Crippen LogP) is 0.610. The van der Waals surface area contributed by atoms with Crippen LogP contribution < -0.4 is 11.3 Å². The Labute approximate surface area is 170 Å². The van der Waals surface area contributed by atoms with Gasteiger partial charge in [0.1, 0.15) is 6.35 Å². The van der Waals surface area contributed by atoms with Gasteiger partial charge in [-0.15, -0.1) is 0 Å². The maximum atomic E-state index is 13.2. The van der Waals surface area contributed by atoms with Crippen LogP contribution in [0, 0.1) is 0 Å². The highest BCUT2D eigenvalue weighted by atomic mass is 31.3. The molecule has 2 heterocycles.